The van der Waals surface area contributed by atoms with Gasteiger partial charge in [0.25, 0.3) is 5.91 Å². The van der Waals surface area contributed by atoms with Crippen LogP contribution in [0.5, 0.6) is 0 Å². The lowest BCUT2D eigenvalue weighted by Crippen LogP contribution is -2.39. The van der Waals surface area contributed by atoms with Gasteiger partial charge >= 0.3 is 0 Å². The van der Waals surface area contributed by atoms with Crippen molar-refractivity contribution in [1.29, 1.82) is 0 Å². The zero-order chi connectivity index (χ0) is 14.3. The molecule has 1 aromatic carbocycles. The third-order valence-corrected chi connectivity index (χ3v) is 5.35. The molecule has 3 nitrogen and oxygen atoms in total. The lowest BCUT2D eigenvalue weighted by molar-refractivity contribution is 0.0690. The fourth-order valence-electron chi connectivity index (χ4n) is 3.58. The number of carbonyl (C=O) groups is 1. The number of nitrogens with zero attached hydrogens (tertiary/aromatic N) is 1. The SMILES string of the molecule is Nc1cc(Cl)c(Cl)c(C(=O)N2CCC3CCCCC32)c1. The zero-order valence-corrected chi connectivity index (χ0v) is 12.8. The predicted molar refractivity (Wildman–Crippen MR) is 82.3 cm³/mol. The second-order valence-corrected chi connectivity index (χ2v) is 6.55. The van der Waals surface area contributed by atoms with Crippen LogP contribution in [0.4, 0.5) is 5.69 Å². The number of rotatable bonds is 1. The van der Waals surface area contributed by atoms with Crippen LogP contribution in [0.25, 0.3) is 0 Å². The van der Waals surface area contributed by atoms with Gasteiger partial charge in [0.15, 0.2) is 0 Å². The highest BCUT2D eigenvalue weighted by Gasteiger charge is 2.39. The minimum absolute atomic E-state index is 0.0291. The van der Waals surface area contributed by atoms with Gasteiger partial charge in [-0.05, 0) is 37.3 Å². The summed E-state index contributed by atoms with van der Waals surface area (Å²) in [4.78, 5) is 14.7. The molecule has 0 radical (unpaired) electrons. The highest BCUT2D eigenvalue weighted by molar-refractivity contribution is 6.44. The molecule has 2 fully saturated rings. The molecule has 1 saturated heterocycles. The molecule has 0 spiro atoms. The standard InChI is InChI=1S/C15H18Cl2N2O/c16-12-8-10(18)7-11(14(12)17)15(20)19-6-5-9-3-1-2-4-13(9)19/h7-9,13H,1-6,18H2. The van der Waals surface area contributed by atoms with Crippen LogP contribution in [0.1, 0.15) is 42.5 Å². The maximum absolute atomic E-state index is 12.8. The van der Waals surface area contributed by atoms with E-state index in [4.69, 9.17) is 28.9 Å². The predicted octanol–water partition coefficient (Wildman–Crippen LogP) is 3.98. The van der Waals surface area contributed by atoms with Crippen LogP contribution in [0.15, 0.2) is 12.1 Å². The molecule has 2 N–H and O–H groups in total. The van der Waals surface area contributed by atoms with Gasteiger partial charge in [0.1, 0.15) is 0 Å². The summed E-state index contributed by atoms with van der Waals surface area (Å²) < 4.78 is 0. The summed E-state index contributed by atoms with van der Waals surface area (Å²) in [6.07, 6.45) is 5.93. The number of anilines is 1. The van der Waals surface area contributed by atoms with Crippen molar-refractivity contribution in [2.75, 3.05) is 12.3 Å². The number of carbonyl (C=O) groups excluding carboxylic acids is 1. The van der Waals surface area contributed by atoms with Crippen molar-refractivity contribution < 1.29 is 4.79 Å². The molecule has 1 amide bonds. The number of nitrogen functional groups attached to an aromatic ring is 1. The Morgan fingerprint density at radius 3 is 2.75 bits per heavy atom. The molecule has 1 saturated carbocycles. The van der Waals surface area contributed by atoms with E-state index in [2.05, 4.69) is 0 Å². The van der Waals surface area contributed by atoms with Crippen molar-refractivity contribution in [3.63, 3.8) is 0 Å². The summed E-state index contributed by atoms with van der Waals surface area (Å²) >= 11 is 12.2. The van der Waals surface area contributed by atoms with Gasteiger partial charge in [-0.25, -0.2) is 0 Å². The number of hydrogen-bond donors (Lipinski definition) is 1. The van der Waals surface area contributed by atoms with Crippen molar-refractivity contribution in [3.8, 4) is 0 Å². The quantitative estimate of drug-likeness (QED) is 0.797. The summed E-state index contributed by atoms with van der Waals surface area (Å²) in [6, 6.07) is 3.58. The first-order valence-electron chi connectivity index (χ1n) is 7.13. The number of hydrogen-bond acceptors (Lipinski definition) is 2. The van der Waals surface area contributed by atoms with Gasteiger partial charge in [-0.1, -0.05) is 36.0 Å². The molecule has 5 heteroatoms. The average molecular weight is 313 g/mol. The minimum Gasteiger partial charge on any atom is -0.399 e. The largest absolute Gasteiger partial charge is 0.399 e. The smallest absolute Gasteiger partial charge is 0.255 e. The molecule has 0 aromatic heterocycles. The van der Waals surface area contributed by atoms with Crippen LogP contribution >= 0.6 is 23.2 Å². The molecule has 108 valence electrons. The van der Waals surface area contributed by atoms with Crippen LogP contribution in [-0.4, -0.2) is 23.4 Å². The number of fused-ring (bicyclic) bond motifs is 1. The Balaban J connectivity index is 1.89. The molecule has 2 aliphatic rings. The number of amides is 1. The second-order valence-electron chi connectivity index (χ2n) is 5.76. The van der Waals surface area contributed by atoms with Crippen LogP contribution in [0.2, 0.25) is 10.0 Å². The summed E-state index contributed by atoms with van der Waals surface area (Å²) in [7, 11) is 0. The van der Waals surface area contributed by atoms with Gasteiger partial charge in [0.2, 0.25) is 0 Å². The van der Waals surface area contributed by atoms with E-state index in [0.29, 0.717) is 33.3 Å². The maximum Gasteiger partial charge on any atom is 0.255 e. The second kappa shape index (κ2) is 5.45. The molecule has 1 aliphatic carbocycles. The van der Waals surface area contributed by atoms with Gasteiger partial charge in [0, 0.05) is 18.3 Å². The van der Waals surface area contributed by atoms with Crippen molar-refractivity contribution >= 4 is 34.8 Å². The van der Waals surface area contributed by atoms with E-state index in [-0.39, 0.29) is 5.91 Å². The van der Waals surface area contributed by atoms with Gasteiger partial charge in [0.05, 0.1) is 15.6 Å². The highest BCUT2D eigenvalue weighted by Crippen LogP contribution is 2.38. The first-order chi connectivity index (χ1) is 9.58. The molecule has 1 aliphatic heterocycles. The molecule has 0 bridgehead atoms. The fraction of sp³-hybridized carbons (Fsp3) is 0.533. The Kier molecular flexibility index (Phi) is 3.83. The lowest BCUT2D eigenvalue weighted by Gasteiger charge is -2.32. The maximum atomic E-state index is 12.8. The Morgan fingerprint density at radius 1 is 1.20 bits per heavy atom. The monoisotopic (exact) mass is 312 g/mol. The van der Waals surface area contributed by atoms with E-state index in [1.807, 2.05) is 4.90 Å². The normalized spacial score (nSPS) is 25.6. The van der Waals surface area contributed by atoms with Crippen LogP contribution < -0.4 is 5.73 Å². The van der Waals surface area contributed by atoms with E-state index in [0.717, 1.165) is 19.4 Å². The molecule has 3 rings (SSSR count). The van der Waals surface area contributed by atoms with Crippen molar-refractivity contribution in [2.24, 2.45) is 5.92 Å². The summed E-state index contributed by atoms with van der Waals surface area (Å²) in [5.41, 5.74) is 6.69. The van der Waals surface area contributed by atoms with Gasteiger partial charge in [-0.15, -0.1) is 0 Å². The zero-order valence-electron chi connectivity index (χ0n) is 11.2. The minimum atomic E-state index is -0.0291. The molecular weight excluding hydrogens is 295 g/mol. The number of nitrogens with two attached hydrogens (primary N) is 1. The fourth-order valence-corrected chi connectivity index (χ4v) is 4.00. The topological polar surface area (TPSA) is 46.3 Å². The average Bonchev–Trinajstić information content (AvgIpc) is 2.86. The van der Waals surface area contributed by atoms with E-state index >= 15 is 0 Å². The molecule has 1 aromatic rings. The highest BCUT2D eigenvalue weighted by atomic mass is 35.5. The van der Waals surface area contributed by atoms with Crippen LogP contribution in [-0.2, 0) is 0 Å². The first kappa shape index (κ1) is 14.0. The summed E-state index contributed by atoms with van der Waals surface area (Å²) in [5.74, 6) is 0.626. The summed E-state index contributed by atoms with van der Waals surface area (Å²) in [6.45, 7) is 0.816. The van der Waals surface area contributed by atoms with Crippen LogP contribution in [0.3, 0.4) is 0 Å². The number of likely N-dealkylation sites (tertiary alicyclic amines) is 1. The van der Waals surface area contributed by atoms with Crippen molar-refractivity contribution in [1.82, 2.24) is 4.90 Å². The van der Waals surface area contributed by atoms with E-state index in [9.17, 15) is 4.79 Å². The third-order valence-electron chi connectivity index (χ3n) is 4.55. The number of halogens is 2. The van der Waals surface area contributed by atoms with Crippen molar-refractivity contribution in [2.45, 2.75) is 38.1 Å². The van der Waals surface area contributed by atoms with Gasteiger partial charge < -0.3 is 10.6 Å². The molecule has 2 atom stereocenters. The Labute approximate surface area is 129 Å². The molecular formula is C15H18Cl2N2O. The van der Waals surface area contributed by atoms with Crippen molar-refractivity contribution in [3.05, 3.63) is 27.7 Å². The van der Waals surface area contributed by atoms with Gasteiger partial charge in [-0.3, -0.25) is 4.79 Å². The number of benzene rings is 1. The molecule has 2 unspecified atom stereocenters. The lowest BCUT2D eigenvalue weighted by atomic mass is 9.85. The van der Waals surface area contributed by atoms with Crippen LogP contribution in [0, 0.1) is 5.92 Å². The Bertz CT molecular complexity index is 547. The molecule has 20 heavy (non-hydrogen) atoms. The summed E-state index contributed by atoms with van der Waals surface area (Å²) in [5, 5.41) is 0.652. The van der Waals surface area contributed by atoms with E-state index < -0.39 is 0 Å². The first-order valence-corrected chi connectivity index (χ1v) is 7.89. The van der Waals surface area contributed by atoms with Gasteiger partial charge in [-0.2, -0.15) is 0 Å². The Morgan fingerprint density at radius 2 is 1.95 bits per heavy atom. The Hall–Kier alpha value is -0.930. The third kappa shape index (κ3) is 2.38. The van der Waals surface area contributed by atoms with E-state index in [1.54, 1.807) is 12.1 Å². The molecule has 1 heterocycles. The van der Waals surface area contributed by atoms with E-state index in [1.165, 1.54) is 19.3 Å².